The molecule has 0 fully saturated rings. The van der Waals surface area contributed by atoms with Crippen LogP contribution in [0.4, 0.5) is 8.78 Å². The zero-order valence-corrected chi connectivity index (χ0v) is 10.6. The van der Waals surface area contributed by atoms with E-state index in [2.05, 4.69) is 4.98 Å². The summed E-state index contributed by atoms with van der Waals surface area (Å²) in [5.41, 5.74) is 0.912. The first-order valence-corrected chi connectivity index (χ1v) is 5.58. The Labute approximate surface area is 103 Å². The van der Waals surface area contributed by atoms with Crippen LogP contribution >= 0.6 is 34.2 Å². The van der Waals surface area contributed by atoms with Crippen molar-refractivity contribution in [2.45, 2.75) is 13.5 Å². The number of rotatable bonds is 1. The molecule has 0 unspecified atom stereocenters. The highest BCUT2D eigenvalue weighted by molar-refractivity contribution is 14.1. The third-order valence-electron chi connectivity index (χ3n) is 2.10. The Morgan fingerprint density at radius 3 is 2.73 bits per heavy atom. The van der Waals surface area contributed by atoms with E-state index in [1.165, 1.54) is 6.07 Å². The lowest BCUT2D eigenvalue weighted by Crippen LogP contribution is -2.00. The largest absolute Gasteiger partial charge is 0.320 e. The fourth-order valence-electron chi connectivity index (χ4n) is 1.46. The van der Waals surface area contributed by atoms with E-state index in [4.69, 9.17) is 11.6 Å². The van der Waals surface area contributed by atoms with Gasteiger partial charge in [0, 0.05) is 3.57 Å². The highest BCUT2D eigenvalue weighted by Crippen LogP contribution is 2.28. The molecule has 80 valence electrons. The Kier molecular flexibility index (Phi) is 2.85. The van der Waals surface area contributed by atoms with Crippen molar-refractivity contribution in [1.82, 2.24) is 9.55 Å². The Hall–Kier alpha value is -0.430. The maximum Gasteiger partial charge on any atom is 0.320 e. The maximum atomic E-state index is 12.7. The van der Waals surface area contributed by atoms with Gasteiger partial charge in [0.1, 0.15) is 5.82 Å². The summed E-state index contributed by atoms with van der Waals surface area (Å²) in [6, 6.07) is 3.22. The standard InChI is InChI=1S/C9H6ClF2IN2/c1-4-14-7-3-6(13)5(10)2-8(7)15(4)9(11)12/h2-3,9H,1H3. The topological polar surface area (TPSA) is 17.8 Å². The number of halogens is 4. The van der Waals surface area contributed by atoms with Crippen LogP contribution in [-0.2, 0) is 0 Å². The SMILES string of the molecule is Cc1nc2cc(I)c(Cl)cc2n1C(F)F. The molecule has 0 spiro atoms. The Morgan fingerprint density at radius 1 is 1.47 bits per heavy atom. The molecule has 1 aromatic carbocycles. The van der Waals surface area contributed by atoms with Crippen molar-refractivity contribution in [3.05, 3.63) is 26.5 Å². The third-order valence-corrected chi connectivity index (χ3v) is 3.63. The van der Waals surface area contributed by atoms with E-state index in [1.54, 1.807) is 13.0 Å². The summed E-state index contributed by atoms with van der Waals surface area (Å²) in [7, 11) is 0. The minimum atomic E-state index is -2.59. The number of nitrogens with zero attached hydrogens (tertiary/aromatic N) is 2. The summed E-state index contributed by atoms with van der Waals surface area (Å²) in [4.78, 5) is 4.06. The van der Waals surface area contributed by atoms with Crippen LogP contribution in [0.2, 0.25) is 5.02 Å². The van der Waals surface area contributed by atoms with Crippen LogP contribution < -0.4 is 0 Å². The Morgan fingerprint density at radius 2 is 2.13 bits per heavy atom. The van der Waals surface area contributed by atoms with Crippen LogP contribution in [0.3, 0.4) is 0 Å². The molecule has 0 atom stereocenters. The molecule has 6 heteroatoms. The summed E-state index contributed by atoms with van der Waals surface area (Å²) in [6.07, 6.45) is 0. The number of benzene rings is 1. The van der Waals surface area contributed by atoms with Crippen molar-refractivity contribution in [2.75, 3.05) is 0 Å². The lowest BCUT2D eigenvalue weighted by molar-refractivity contribution is 0.0725. The maximum absolute atomic E-state index is 12.7. The summed E-state index contributed by atoms with van der Waals surface area (Å²) >= 11 is 7.92. The average molecular weight is 343 g/mol. The summed E-state index contributed by atoms with van der Waals surface area (Å²) in [5, 5.41) is 0.463. The van der Waals surface area contributed by atoms with Gasteiger partial charge in [-0.1, -0.05) is 11.6 Å². The van der Waals surface area contributed by atoms with E-state index >= 15 is 0 Å². The van der Waals surface area contributed by atoms with E-state index in [-0.39, 0.29) is 5.82 Å². The molecule has 1 heterocycles. The minimum Gasteiger partial charge on any atom is -0.270 e. The number of hydrogen-bond donors (Lipinski definition) is 0. The van der Waals surface area contributed by atoms with Crippen LogP contribution in [-0.4, -0.2) is 9.55 Å². The lowest BCUT2D eigenvalue weighted by atomic mass is 10.3. The molecule has 0 aliphatic heterocycles. The van der Waals surface area contributed by atoms with Crippen LogP contribution in [0, 0.1) is 10.5 Å². The van der Waals surface area contributed by atoms with Gasteiger partial charge in [-0.15, -0.1) is 0 Å². The highest BCUT2D eigenvalue weighted by atomic mass is 127. The fraction of sp³-hybridized carbons (Fsp3) is 0.222. The van der Waals surface area contributed by atoms with Crippen LogP contribution in [0.5, 0.6) is 0 Å². The van der Waals surface area contributed by atoms with Gasteiger partial charge in [0.15, 0.2) is 0 Å². The first-order valence-electron chi connectivity index (χ1n) is 4.12. The number of hydrogen-bond acceptors (Lipinski definition) is 1. The molecule has 2 nitrogen and oxygen atoms in total. The van der Waals surface area contributed by atoms with Crippen LogP contribution in [0.15, 0.2) is 12.1 Å². The summed E-state index contributed by atoms with van der Waals surface area (Å²) < 4.78 is 27.1. The van der Waals surface area contributed by atoms with Gasteiger partial charge in [-0.05, 0) is 41.6 Å². The predicted octanol–water partition coefficient (Wildman–Crippen LogP) is 4.00. The summed E-state index contributed by atoms with van der Waals surface area (Å²) in [5.74, 6) is 0.290. The van der Waals surface area contributed by atoms with Crippen molar-refractivity contribution < 1.29 is 8.78 Å². The van der Waals surface area contributed by atoms with Gasteiger partial charge in [-0.25, -0.2) is 4.98 Å². The third kappa shape index (κ3) is 1.82. The van der Waals surface area contributed by atoms with Crippen LogP contribution in [0.1, 0.15) is 12.4 Å². The molecule has 1 aromatic heterocycles. The van der Waals surface area contributed by atoms with Crippen molar-refractivity contribution in [3.63, 3.8) is 0 Å². The monoisotopic (exact) mass is 342 g/mol. The molecule has 0 saturated heterocycles. The van der Waals surface area contributed by atoms with Crippen LogP contribution in [0.25, 0.3) is 11.0 Å². The van der Waals surface area contributed by atoms with Gasteiger partial charge < -0.3 is 0 Å². The molecule has 0 amide bonds. The second kappa shape index (κ2) is 3.86. The van der Waals surface area contributed by atoms with Crippen molar-refractivity contribution >= 4 is 45.2 Å². The molecule has 2 rings (SSSR count). The van der Waals surface area contributed by atoms with E-state index in [0.29, 0.717) is 16.1 Å². The first-order chi connectivity index (χ1) is 7.00. The van der Waals surface area contributed by atoms with E-state index in [9.17, 15) is 8.78 Å². The van der Waals surface area contributed by atoms with Crippen molar-refractivity contribution in [1.29, 1.82) is 0 Å². The minimum absolute atomic E-state index is 0.290. The molecule has 2 aromatic rings. The quantitative estimate of drug-likeness (QED) is 0.716. The molecular formula is C9H6ClF2IN2. The van der Waals surface area contributed by atoms with Gasteiger partial charge in [0.05, 0.1) is 16.1 Å². The normalized spacial score (nSPS) is 11.6. The molecule has 0 N–H and O–H groups in total. The molecule has 0 radical (unpaired) electrons. The predicted molar refractivity (Wildman–Crippen MR) is 63.5 cm³/mol. The fourth-order valence-corrected chi connectivity index (χ4v) is 2.07. The van der Waals surface area contributed by atoms with Gasteiger partial charge in [0.2, 0.25) is 0 Å². The average Bonchev–Trinajstić information content (AvgIpc) is 2.41. The second-order valence-corrected chi connectivity index (χ2v) is 4.63. The number of aromatic nitrogens is 2. The molecule has 0 saturated carbocycles. The van der Waals surface area contributed by atoms with E-state index in [0.717, 1.165) is 8.14 Å². The lowest BCUT2D eigenvalue weighted by Gasteiger charge is -2.04. The number of alkyl halides is 2. The number of aryl methyl sites for hydroxylation is 1. The van der Waals surface area contributed by atoms with Crippen molar-refractivity contribution in [2.24, 2.45) is 0 Å². The molecule has 0 aliphatic carbocycles. The Bertz CT molecular complexity index is 524. The molecule has 0 bridgehead atoms. The van der Waals surface area contributed by atoms with Gasteiger partial charge in [0.25, 0.3) is 0 Å². The van der Waals surface area contributed by atoms with Gasteiger partial charge in [-0.2, -0.15) is 8.78 Å². The Balaban J connectivity index is 2.81. The zero-order chi connectivity index (χ0) is 11.2. The second-order valence-electron chi connectivity index (χ2n) is 3.06. The molecule has 15 heavy (non-hydrogen) atoms. The molecule has 0 aliphatic rings. The number of imidazole rings is 1. The van der Waals surface area contributed by atoms with Crippen molar-refractivity contribution in [3.8, 4) is 0 Å². The first kappa shape index (κ1) is 11.1. The van der Waals surface area contributed by atoms with E-state index in [1.807, 2.05) is 22.6 Å². The van der Waals surface area contributed by atoms with E-state index < -0.39 is 6.55 Å². The van der Waals surface area contributed by atoms with Gasteiger partial charge >= 0.3 is 6.55 Å². The molecular weight excluding hydrogens is 336 g/mol. The summed E-state index contributed by atoms with van der Waals surface area (Å²) in [6.45, 7) is -1.04. The smallest absolute Gasteiger partial charge is 0.270 e. The highest BCUT2D eigenvalue weighted by Gasteiger charge is 2.16. The van der Waals surface area contributed by atoms with Gasteiger partial charge in [-0.3, -0.25) is 4.57 Å². The zero-order valence-electron chi connectivity index (χ0n) is 7.64. The number of fused-ring (bicyclic) bond motifs is 1.